The first-order valence-electron chi connectivity index (χ1n) is 8.67. The monoisotopic (exact) mass is 386 g/mol. The van der Waals surface area contributed by atoms with Gasteiger partial charge in [-0.2, -0.15) is 0 Å². The molecular weight excluding hydrogens is 364 g/mol. The van der Waals surface area contributed by atoms with Crippen LogP contribution in [-0.2, 0) is 0 Å². The molecule has 1 aromatic heterocycles. The second-order valence-corrected chi connectivity index (χ2v) is 7.20. The van der Waals surface area contributed by atoms with Gasteiger partial charge in [0, 0.05) is 11.4 Å². The molecule has 0 saturated heterocycles. The number of benzene rings is 2. The Morgan fingerprint density at radius 1 is 1.26 bits per heavy atom. The maximum absolute atomic E-state index is 12.4. The van der Waals surface area contributed by atoms with Gasteiger partial charge in [0.1, 0.15) is 24.0 Å². The third-order valence-electron chi connectivity index (χ3n) is 4.05. The van der Waals surface area contributed by atoms with Crippen molar-refractivity contribution < 1.29 is 14.6 Å². The van der Waals surface area contributed by atoms with E-state index in [1.807, 2.05) is 56.3 Å². The molecule has 0 fully saturated rings. The number of nitrogens with one attached hydrogen (secondary N) is 1. The van der Waals surface area contributed by atoms with E-state index >= 15 is 0 Å². The van der Waals surface area contributed by atoms with Crippen LogP contribution in [0, 0.1) is 0 Å². The molecule has 142 valence electrons. The minimum Gasteiger partial charge on any atom is -0.490 e. The predicted octanol–water partition coefficient (Wildman–Crippen LogP) is 3.37. The van der Waals surface area contributed by atoms with E-state index in [-0.39, 0.29) is 25.2 Å². The van der Waals surface area contributed by atoms with Gasteiger partial charge in [-0.3, -0.25) is 5.32 Å². The van der Waals surface area contributed by atoms with Crippen LogP contribution in [0.15, 0.2) is 48.0 Å². The number of hydrogen-bond donors (Lipinski definition) is 2. The smallest absolute Gasteiger partial charge is 0.324 e. The molecule has 7 nitrogen and oxygen atoms in total. The van der Waals surface area contributed by atoms with Crippen molar-refractivity contribution in [2.45, 2.75) is 26.0 Å². The lowest BCUT2D eigenvalue weighted by molar-refractivity contribution is 0.0722. The summed E-state index contributed by atoms with van der Waals surface area (Å²) < 4.78 is 5.82. The van der Waals surface area contributed by atoms with Crippen molar-refractivity contribution in [1.82, 2.24) is 15.1 Å². The van der Waals surface area contributed by atoms with Gasteiger partial charge in [-0.1, -0.05) is 47.7 Å². The molecule has 0 radical (unpaired) electrons. The Hall–Kier alpha value is -2.71. The van der Waals surface area contributed by atoms with Crippen LogP contribution in [0.3, 0.4) is 0 Å². The fourth-order valence-corrected chi connectivity index (χ4v) is 3.14. The van der Waals surface area contributed by atoms with Gasteiger partial charge in [0.2, 0.25) is 5.13 Å². The molecular formula is C19H22N4O3S. The molecule has 0 aliphatic heterocycles. The second kappa shape index (κ2) is 8.79. The molecule has 2 N–H and O–H groups in total. The fourth-order valence-electron chi connectivity index (χ4n) is 2.71. The Morgan fingerprint density at radius 2 is 2.04 bits per heavy atom. The van der Waals surface area contributed by atoms with E-state index in [4.69, 9.17) is 4.74 Å². The van der Waals surface area contributed by atoms with E-state index in [1.165, 1.54) is 11.3 Å². The van der Waals surface area contributed by atoms with Gasteiger partial charge in [0.15, 0.2) is 0 Å². The number of amides is 2. The normalized spacial score (nSPS) is 12.1. The Morgan fingerprint density at radius 3 is 2.78 bits per heavy atom. The molecule has 2 amide bonds. The van der Waals surface area contributed by atoms with Crippen LogP contribution >= 0.6 is 11.3 Å². The zero-order valence-electron chi connectivity index (χ0n) is 15.2. The van der Waals surface area contributed by atoms with Crippen LogP contribution in [0.25, 0.3) is 10.8 Å². The Kier molecular flexibility index (Phi) is 6.20. The summed E-state index contributed by atoms with van der Waals surface area (Å²) in [6, 6.07) is 13.3. The molecule has 0 bridgehead atoms. The van der Waals surface area contributed by atoms with Crippen LogP contribution in [0.4, 0.5) is 9.93 Å². The highest BCUT2D eigenvalue weighted by Gasteiger charge is 2.22. The number of anilines is 1. The molecule has 0 aliphatic carbocycles. The van der Waals surface area contributed by atoms with Crippen molar-refractivity contribution in [1.29, 1.82) is 0 Å². The molecule has 1 unspecified atom stereocenters. The average molecular weight is 386 g/mol. The Bertz CT molecular complexity index is 880. The third-order valence-corrected chi connectivity index (χ3v) is 4.65. The van der Waals surface area contributed by atoms with E-state index < -0.39 is 6.10 Å². The number of fused-ring (bicyclic) bond motifs is 1. The summed E-state index contributed by atoms with van der Waals surface area (Å²) in [5, 5.41) is 23.1. The molecule has 0 spiro atoms. The van der Waals surface area contributed by atoms with Crippen molar-refractivity contribution in [2.24, 2.45) is 0 Å². The summed E-state index contributed by atoms with van der Waals surface area (Å²) in [5.74, 6) is 0.710. The summed E-state index contributed by atoms with van der Waals surface area (Å²) in [7, 11) is 0. The molecule has 2 aromatic carbocycles. The lowest BCUT2D eigenvalue weighted by Crippen LogP contribution is -2.45. The highest BCUT2D eigenvalue weighted by atomic mass is 32.1. The van der Waals surface area contributed by atoms with Crippen molar-refractivity contribution in [3.8, 4) is 5.75 Å². The minimum absolute atomic E-state index is 0.0866. The van der Waals surface area contributed by atoms with Crippen LogP contribution in [0.2, 0.25) is 0 Å². The number of carbonyl (C=O) groups excluding carboxylic acids is 1. The summed E-state index contributed by atoms with van der Waals surface area (Å²) in [6.45, 7) is 4.01. The summed E-state index contributed by atoms with van der Waals surface area (Å²) in [4.78, 5) is 14.0. The number of ether oxygens (including phenoxy) is 1. The lowest BCUT2D eigenvalue weighted by atomic mass is 10.1. The number of rotatable bonds is 7. The highest BCUT2D eigenvalue weighted by molar-refractivity contribution is 7.13. The van der Waals surface area contributed by atoms with E-state index in [0.717, 1.165) is 10.8 Å². The number of aromatic nitrogens is 2. The number of nitrogens with zero attached hydrogens (tertiary/aromatic N) is 3. The maximum Gasteiger partial charge on any atom is 0.324 e. The highest BCUT2D eigenvalue weighted by Crippen LogP contribution is 2.25. The lowest BCUT2D eigenvalue weighted by Gasteiger charge is -2.28. The number of carbonyl (C=O) groups is 1. The van der Waals surface area contributed by atoms with Gasteiger partial charge in [-0.05, 0) is 25.3 Å². The van der Waals surface area contributed by atoms with Crippen LogP contribution < -0.4 is 10.1 Å². The molecule has 1 heterocycles. The summed E-state index contributed by atoms with van der Waals surface area (Å²) >= 11 is 1.24. The number of aliphatic hydroxyl groups is 1. The molecule has 0 aliphatic rings. The van der Waals surface area contributed by atoms with Gasteiger partial charge in [0.05, 0.1) is 6.54 Å². The predicted molar refractivity (Wildman–Crippen MR) is 106 cm³/mol. The zero-order valence-corrected chi connectivity index (χ0v) is 16.0. The first kappa shape index (κ1) is 19.1. The molecule has 0 saturated carbocycles. The minimum atomic E-state index is -0.827. The van der Waals surface area contributed by atoms with Gasteiger partial charge in [-0.25, -0.2) is 4.79 Å². The molecule has 3 rings (SSSR count). The average Bonchev–Trinajstić information content (AvgIpc) is 3.17. The Balaban J connectivity index is 1.60. The van der Waals surface area contributed by atoms with Gasteiger partial charge in [-0.15, -0.1) is 10.2 Å². The van der Waals surface area contributed by atoms with E-state index in [9.17, 15) is 9.90 Å². The van der Waals surface area contributed by atoms with Gasteiger partial charge in [0.25, 0.3) is 0 Å². The topological polar surface area (TPSA) is 87.6 Å². The van der Waals surface area contributed by atoms with Crippen LogP contribution in [-0.4, -0.2) is 51.5 Å². The first-order chi connectivity index (χ1) is 13.0. The maximum atomic E-state index is 12.4. The SMILES string of the molecule is CC(C)N(CC(O)COc1cccc2ccccc12)C(=O)Nc1nncs1. The zero-order chi connectivity index (χ0) is 19.2. The second-order valence-electron chi connectivity index (χ2n) is 6.36. The van der Waals surface area contributed by atoms with E-state index in [1.54, 1.807) is 10.4 Å². The number of aliphatic hydroxyl groups excluding tert-OH is 1. The molecule has 8 heteroatoms. The fraction of sp³-hybridized carbons (Fsp3) is 0.316. The van der Waals surface area contributed by atoms with Crippen molar-refractivity contribution in [2.75, 3.05) is 18.5 Å². The van der Waals surface area contributed by atoms with Crippen LogP contribution in [0.1, 0.15) is 13.8 Å². The molecule has 1 atom stereocenters. The number of hydrogen-bond acceptors (Lipinski definition) is 6. The standard InChI is InChI=1S/C19H22N4O3S/c1-13(2)23(19(25)21-18-22-20-12-27-18)10-15(24)11-26-17-9-5-7-14-6-3-4-8-16(14)17/h3-9,12-13,15,24H,10-11H2,1-2H3,(H,21,22,25). The van der Waals surface area contributed by atoms with Gasteiger partial charge >= 0.3 is 6.03 Å². The molecule has 27 heavy (non-hydrogen) atoms. The summed E-state index contributed by atoms with van der Waals surface area (Å²) in [6.07, 6.45) is -0.827. The van der Waals surface area contributed by atoms with Crippen molar-refractivity contribution in [3.63, 3.8) is 0 Å². The van der Waals surface area contributed by atoms with E-state index in [0.29, 0.717) is 10.9 Å². The molecule has 3 aromatic rings. The quantitative estimate of drug-likeness (QED) is 0.650. The summed E-state index contributed by atoms with van der Waals surface area (Å²) in [5.41, 5.74) is 1.54. The van der Waals surface area contributed by atoms with E-state index in [2.05, 4.69) is 15.5 Å². The number of urea groups is 1. The van der Waals surface area contributed by atoms with Crippen molar-refractivity contribution in [3.05, 3.63) is 48.0 Å². The van der Waals surface area contributed by atoms with Crippen LogP contribution in [0.5, 0.6) is 5.75 Å². The van der Waals surface area contributed by atoms with Crippen molar-refractivity contribution >= 4 is 33.3 Å². The largest absolute Gasteiger partial charge is 0.490 e. The first-order valence-corrected chi connectivity index (χ1v) is 9.55. The third kappa shape index (κ3) is 4.93. The Labute approximate surface area is 161 Å². The van der Waals surface area contributed by atoms with Gasteiger partial charge < -0.3 is 14.7 Å².